The summed E-state index contributed by atoms with van der Waals surface area (Å²) in [6.45, 7) is 2.07. The lowest BCUT2D eigenvalue weighted by Gasteiger charge is -2.02. The van der Waals surface area contributed by atoms with E-state index in [1.165, 1.54) is 0 Å². The molecular weight excluding hydrogens is 249 g/mol. The molecule has 1 aromatic heterocycles. The Morgan fingerprint density at radius 1 is 1.44 bits per heavy atom. The zero-order chi connectivity index (χ0) is 11.7. The molecule has 0 atom stereocenters. The SMILES string of the molecule is CCOC(=O)c1c[nH]c2ccc(Cl)c(Cl)c12. The van der Waals surface area contributed by atoms with E-state index in [1.807, 2.05) is 0 Å². The van der Waals surface area contributed by atoms with Crippen molar-refractivity contribution in [3.05, 3.63) is 33.9 Å². The molecule has 0 radical (unpaired) electrons. The maximum absolute atomic E-state index is 11.6. The van der Waals surface area contributed by atoms with Crippen molar-refractivity contribution in [3.63, 3.8) is 0 Å². The molecular formula is C11H9Cl2NO2. The Morgan fingerprint density at radius 3 is 2.88 bits per heavy atom. The number of fused-ring (bicyclic) bond motifs is 1. The number of carbonyl (C=O) groups excluding carboxylic acids is 1. The van der Waals surface area contributed by atoms with Crippen molar-refractivity contribution in [1.82, 2.24) is 4.98 Å². The molecule has 0 bridgehead atoms. The molecule has 1 N–H and O–H groups in total. The molecule has 16 heavy (non-hydrogen) atoms. The van der Waals surface area contributed by atoms with Gasteiger partial charge in [-0.05, 0) is 19.1 Å². The van der Waals surface area contributed by atoms with Crippen molar-refractivity contribution < 1.29 is 9.53 Å². The van der Waals surface area contributed by atoms with Gasteiger partial charge in [0, 0.05) is 17.1 Å². The van der Waals surface area contributed by atoms with E-state index in [-0.39, 0.29) is 0 Å². The molecule has 1 heterocycles. The summed E-state index contributed by atoms with van der Waals surface area (Å²) in [5.74, 6) is -0.405. The van der Waals surface area contributed by atoms with E-state index in [9.17, 15) is 4.79 Å². The highest BCUT2D eigenvalue weighted by molar-refractivity contribution is 6.45. The van der Waals surface area contributed by atoms with Crippen molar-refractivity contribution in [2.45, 2.75) is 6.92 Å². The average molecular weight is 258 g/mol. The fourth-order valence-corrected chi connectivity index (χ4v) is 1.95. The smallest absolute Gasteiger partial charge is 0.340 e. The quantitative estimate of drug-likeness (QED) is 0.835. The summed E-state index contributed by atoms with van der Waals surface area (Å²) in [5.41, 5.74) is 1.17. The maximum Gasteiger partial charge on any atom is 0.340 e. The van der Waals surface area contributed by atoms with Crippen molar-refractivity contribution in [1.29, 1.82) is 0 Å². The second-order valence-electron chi connectivity index (χ2n) is 3.21. The number of halogens is 2. The maximum atomic E-state index is 11.6. The second kappa shape index (κ2) is 4.36. The molecule has 0 aliphatic heterocycles. The summed E-state index contributed by atoms with van der Waals surface area (Å²) in [6, 6.07) is 3.45. The molecule has 84 valence electrons. The first kappa shape index (κ1) is 11.3. The molecule has 0 spiro atoms. The molecule has 3 nitrogen and oxygen atoms in total. The Labute approximate surface area is 102 Å². The first-order chi connectivity index (χ1) is 7.65. The third-order valence-corrected chi connectivity index (χ3v) is 3.04. The van der Waals surface area contributed by atoms with Gasteiger partial charge in [-0.2, -0.15) is 0 Å². The highest BCUT2D eigenvalue weighted by Crippen LogP contribution is 2.33. The van der Waals surface area contributed by atoms with Crippen LogP contribution in [-0.2, 0) is 4.74 Å². The largest absolute Gasteiger partial charge is 0.462 e. The van der Waals surface area contributed by atoms with Gasteiger partial charge in [-0.25, -0.2) is 4.79 Å². The number of rotatable bonds is 2. The molecule has 0 fully saturated rings. The lowest BCUT2D eigenvalue weighted by Crippen LogP contribution is -2.03. The van der Waals surface area contributed by atoms with Crippen LogP contribution in [0.3, 0.4) is 0 Å². The van der Waals surface area contributed by atoms with Crippen LogP contribution >= 0.6 is 23.2 Å². The monoisotopic (exact) mass is 257 g/mol. The van der Waals surface area contributed by atoms with E-state index < -0.39 is 5.97 Å². The van der Waals surface area contributed by atoms with Crippen LogP contribution in [0.15, 0.2) is 18.3 Å². The fourth-order valence-electron chi connectivity index (χ4n) is 1.53. The molecule has 0 aliphatic carbocycles. The van der Waals surface area contributed by atoms with Crippen LogP contribution in [0.5, 0.6) is 0 Å². The first-order valence-corrected chi connectivity index (χ1v) is 5.53. The summed E-state index contributed by atoms with van der Waals surface area (Å²) in [5, 5.41) is 1.38. The summed E-state index contributed by atoms with van der Waals surface area (Å²) in [6.07, 6.45) is 1.57. The molecule has 5 heteroatoms. The number of benzene rings is 1. The van der Waals surface area contributed by atoms with Crippen molar-refractivity contribution in [3.8, 4) is 0 Å². The van der Waals surface area contributed by atoms with Gasteiger partial charge in [0.25, 0.3) is 0 Å². The molecule has 0 saturated heterocycles. The number of aromatic nitrogens is 1. The summed E-state index contributed by atoms with van der Waals surface area (Å²) >= 11 is 12.0. The molecule has 0 aliphatic rings. The summed E-state index contributed by atoms with van der Waals surface area (Å²) < 4.78 is 4.93. The Kier molecular flexibility index (Phi) is 3.08. The number of aromatic amines is 1. The Bertz CT molecular complexity index is 548. The van der Waals surface area contributed by atoms with Gasteiger partial charge in [-0.3, -0.25) is 0 Å². The molecule has 2 rings (SSSR count). The average Bonchev–Trinajstić information content (AvgIpc) is 2.68. The van der Waals surface area contributed by atoms with Crippen molar-refractivity contribution in [2.75, 3.05) is 6.61 Å². The summed E-state index contributed by atoms with van der Waals surface area (Å²) in [7, 11) is 0. The van der Waals surface area contributed by atoms with E-state index in [1.54, 1.807) is 25.3 Å². The van der Waals surface area contributed by atoms with Gasteiger partial charge in [-0.1, -0.05) is 23.2 Å². The van der Waals surface area contributed by atoms with Crippen LogP contribution in [0.1, 0.15) is 17.3 Å². The normalized spacial score (nSPS) is 10.7. The standard InChI is InChI=1S/C11H9Cl2NO2/c1-2-16-11(15)6-5-14-8-4-3-7(12)10(13)9(6)8/h3-5,14H,2H2,1H3. The van der Waals surface area contributed by atoms with Crippen LogP contribution in [0.2, 0.25) is 10.0 Å². The molecule has 1 aromatic carbocycles. The molecule has 0 saturated carbocycles. The predicted molar refractivity (Wildman–Crippen MR) is 64.3 cm³/mol. The van der Waals surface area contributed by atoms with Crippen LogP contribution < -0.4 is 0 Å². The van der Waals surface area contributed by atoms with E-state index in [0.717, 1.165) is 5.52 Å². The lowest BCUT2D eigenvalue weighted by molar-refractivity contribution is 0.0529. The van der Waals surface area contributed by atoms with Crippen LogP contribution in [-0.4, -0.2) is 17.6 Å². The van der Waals surface area contributed by atoms with Gasteiger partial charge in [0.2, 0.25) is 0 Å². The Morgan fingerprint density at radius 2 is 2.19 bits per heavy atom. The second-order valence-corrected chi connectivity index (χ2v) is 3.99. The Balaban J connectivity index is 2.63. The molecule has 2 aromatic rings. The van der Waals surface area contributed by atoms with Gasteiger partial charge in [-0.15, -0.1) is 0 Å². The van der Waals surface area contributed by atoms with Gasteiger partial charge >= 0.3 is 5.97 Å². The van der Waals surface area contributed by atoms with Gasteiger partial charge < -0.3 is 9.72 Å². The zero-order valence-corrected chi connectivity index (χ0v) is 10.0. The number of nitrogens with one attached hydrogen (secondary N) is 1. The van der Waals surface area contributed by atoms with E-state index in [0.29, 0.717) is 27.6 Å². The minimum atomic E-state index is -0.405. The fraction of sp³-hybridized carbons (Fsp3) is 0.182. The number of hydrogen-bond acceptors (Lipinski definition) is 2. The van der Waals surface area contributed by atoms with Crippen LogP contribution in [0.25, 0.3) is 10.9 Å². The minimum absolute atomic E-state index is 0.323. The van der Waals surface area contributed by atoms with Crippen LogP contribution in [0.4, 0.5) is 0 Å². The minimum Gasteiger partial charge on any atom is -0.462 e. The highest BCUT2D eigenvalue weighted by Gasteiger charge is 2.16. The predicted octanol–water partition coefficient (Wildman–Crippen LogP) is 3.65. The Hall–Kier alpha value is -1.19. The number of hydrogen-bond donors (Lipinski definition) is 1. The number of H-pyrrole nitrogens is 1. The van der Waals surface area contributed by atoms with Crippen LogP contribution in [0, 0.1) is 0 Å². The lowest BCUT2D eigenvalue weighted by atomic mass is 10.2. The number of esters is 1. The summed E-state index contributed by atoms with van der Waals surface area (Å²) in [4.78, 5) is 14.6. The number of ether oxygens (including phenoxy) is 1. The first-order valence-electron chi connectivity index (χ1n) is 4.77. The third kappa shape index (κ3) is 1.77. The highest BCUT2D eigenvalue weighted by atomic mass is 35.5. The van der Waals surface area contributed by atoms with Crippen molar-refractivity contribution in [2.24, 2.45) is 0 Å². The molecule has 0 amide bonds. The van der Waals surface area contributed by atoms with Crippen molar-refractivity contribution >= 4 is 40.1 Å². The van der Waals surface area contributed by atoms with E-state index in [4.69, 9.17) is 27.9 Å². The zero-order valence-electron chi connectivity index (χ0n) is 8.51. The molecule has 0 unspecified atom stereocenters. The topological polar surface area (TPSA) is 42.1 Å². The number of carbonyl (C=O) groups is 1. The van der Waals surface area contributed by atoms with E-state index >= 15 is 0 Å². The van der Waals surface area contributed by atoms with Gasteiger partial charge in [0.15, 0.2) is 0 Å². The van der Waals surface area contributed by atoms with Gasteiger partial charge in [0.1, 0.15) is 0 Å². The third-order valence-electron chi connectivity index (χ3n) is 2.23. The van der Waals surface area contributed by atoms with E-state index in [2.05, 4.69) is 4.98 Å². The van der Waals surface area contributed by atoms with Gasteiger partial charge in [0.05, 0.1) is 22.2 Å².